The van der Waals surface area contributed by atoms with E-state index in [0.29, 0.717) is 6.67 Å². The van der Waals surface area contributed by atoms with Crippen molar-refractivity contribution in [2.24, 2.45) is 5.73 Å². The van der Waals surface area contributed by atoms with Crippen LogP contribution in [0.3, 0.4) is 0 Å². The lowest BCUT2D eigenvalue weighted by atomic mass is 9.82. The first-order valence-corrected chi connectivity index (χ1v) is 6.86. The maximum absolute atomic E-state index is 12.2. The number of anilines is 1. The van der Waals surface area contributed by atoms with Crippen LogP contribution in [0.25, 0.3) is 0 Å². The van der Waals surface area contributed by atoms with Gasteiger partial charge in [0.25, 0.3) is 0 Å². The standard InChI is InChI=1S/C15H23N3O/c1-12-3-5-14(6-4-12)18(11-16)15(13(2)19)7-9-17-10-8-15/h3-6,17H,7-11,16H2,1-2H3. The maximum atomic E-state index is 12.2. The molecular formula is C15H23N3O. The Morgan fingerprint density at radius 1 is 1.32 bits per heavy atom. The normalized spacial score (nSPS) is 18.1. The molecule has 1 heterocycles. The van der Waals surface area contributed by atoms with Crippen molar-refractivity contribution < 1.29 is 4.79 Å². The molecule has 0 saturated carbocycles. The summed E-state index contributed by atoms with van der Waals surface area (Å²) in [5.41, 5.74) is 7.74. The molecule has 0 spiro atoms. The highest BCUT2D eigenvalue weighted by Gasteiger charge is 2.41. The van der Waals surface area contributed by atoms with E-state index in [1.807, 2.05) is 0 Å². The van der Waals surface area contributed by atoms with Gasteiger partial charge >= 0.3 is 0 Å². The van der Waals surface area contributed by atoms with Crippen LogP contribution in [0.2, 0.25) is 0 Å². The molecule has 4 heteroatoms. The molecule has 3 N–H and O–H groups in total. The Hall–Kier alpha value is -1.39. The van der Waals surface area contributed by atoms with Gasteiger partial charge in [0.1, 0.15) is 5.54 Å². The Kier molecular flexibility index (Phi) is 4.22. The molecule has 0 bridgehead atoms. The summed E-state index contributed by atoms with van der Waals surface area (Å²) in [6, 6.07) is 8.23. The number of hydrogen-bond donors (Lipinski definition) is 2. The Bertz CT molecular complexity index is 435. The molecule has 0 atom stereocenters. The molecule has 19 heavy (non-hydrogen) atoms. The number of ketones is 1. The molecule has 1 aliphatic heterocycles. The summed E-state index contributed by atoms with van der Waals surface area (Å²) in [7, 11) is 0. The zero-order chi connectivity index (χ0) is 13.9. The molecule has 0 amide bonds. The number of hydrogen-bond acceptors (Lipinski definition) is 4. The van der Waals surface area contributed by atoms with E-state index in [0.717, 1.165) is 31.6 Å². The van der Waals surface area contributed by atoms with E-state index in [1.165, 1.54) is 5.56 Å². The van der Waals surface area contributed by atoms with Crippen LogP contribution in [0.15, 0.2) is 24.3 Å². The summed E-state index contributed by atoms with van der Waals surface area (Å²) >= 11 is 0. The second kappa shape index (κ2) is 5.72. The fourth-order valence-electron chi connectivity index (χ4n) is 2.90. The number of carbonyl (C=O) groups excluding carboxylic acids is 1. The summed E-state index contributed by atoms with van der Waals surface area (Å²) in [5, 5.41) is 3.31. The zero-order valence-electron chi connectivity index (χ0n) is 11.8. The number of nitrogens with one attached hydrogen (secondary N) is 1. The quantitative estimate of drug-likeness (QED) is 0.805. The minimum absolute atomic E-state index is 0.208. The van der Waals surface area contributed by atoms with Crippen LogP contribution < -0.4 is 16.0 Å². The van der Waals surface area contributed by atoms with Crippen molar-refractivity contribution in [2.75, 3.05) is 24.7 Å². The molecule has 0 unspecified atom stereocenters. The van der Waals surface area contributed by atoms with Gasteiger partial charge in [0.05, 0.1) is 6.67 Å². The van der Waals surface area contributed by atoms with E-state index in [9.17, 15) is 4.79 Å². The van der Waals surface area contributed by atoms with Crippen LogP contribution in [-0.4, -0.2) is 31.1 Å². The maximum Gasteiger partial charge on any atom is 0.155 e. The molecule has 1 fully saturated rings. The minimum Gasteiger partial charge on any atom is -0.346 e. The van der Waals surface area contributed by atoms with Crippen LogP contribution in [0.1, 0.15) is 25.3 Å². The van der Waals surface area contributed by atoms with Crippen molar-refractivity contribution in [1.82, 2.24) is 5.32 Å². The van der Waals surface area contributed by atoms with Gasteiger partial charge in [-0.05, 0) is 51.9 Å². The Morgan fingerprint density at radius 3 is 2.37 bits per heavy atom. The van der Waals surface area contributed by atoms with Gasteiger partial charge in [-0.2, -0.15) is 0 Å². The lowest BCUT2D eigenvalue weighted by molar-refractivity contribution is -0.123. The van der Waals surface area contributed by atoms with Crippen LogP contribution in [0.4, 0.5) is 5.69 Å². The third-order valence-electron chi connectivity index (χ3n) is 4.13. The summed E-state index contributed by atoms with van der Waals surface area (Å²) in [5.74, 6) is 0.208. The average Bonchev–Trinajstić information content (AvgIpc) is 2.42. The predicted octanol–water partition coefficient (Wildman–Crippen LogP) is 1.43. The predicted molar refractivity (Wildman–Crippen MR) is 78.2 cm³/mol. The van der Waals surface area contributed by atoms with E-state index in [4.69, 9.17) is 5.73 Å². The number of rotatable bonds is 4. The van der Waals surface area contributed by atoms with Crippen LogP contribution in [0.5, 0.6) is 0 Å². The SMILES string of the molecule is CC(=O)C1(N(CN)c2ccc(C)cc2)CCNCC1. The lowest BCUT2D eigenvalue weighted by Gasteiger charge is -2.45. The third kappa shape index (κ3) is 2.65. The van der Waals surface area contributed by atoms with Crippen LogP contribution in [-0.2, 0) is 4.79 Å². The first-order chi connectivity index (χ1) is 9.10. The average molecular weight is 261 g/mol. The van der Waals surface area contributed by atoms with Gasteiger partial charge in [-0.15, -0.1) is 0 Å². The molecular weight excluding hydrogens is 238 g/mol. The minimum atomic E-state index is -0.449. The Labute approximate surface area is 115 Å². The molecule has 1 aromatic carbocycles. The summed E-state index contributed by atoms with van der Waals surface area (Å²) in [6.45, 7) is 5.83. The Balaban J connectivity index is 2.37. The second-order valence-electron chi connectivity index (χ2n) is 5.28. The number of benzene rings is 1. The number of Topliss-reactive ketones (excluding diaryl/α,β-unsaturated/α-hetero) is 1. The third-order valence-corrected chi connectivity index (χ3v) is 4.13. The smallest absolute Gasteiger partial charge is 0.155 e. The molecule has 1 aromatic rings. The molecule has 0 aliphatic carbocycles. The number of piperidine rings is 1. The summed E-state index contributed by atoms with van der Waals surface area (Å²) in [6.07, 6.45) is 1.63. The van der Waals surface area contributed by atoms with Crippen molar-refractivity contribution in [3.05, 3.63) is 29.8 Å². The largest absolute Gasteiger partial charge is 0.346 e. The summed E-state index contributed by atoms with van der Waals surface area (Å²) < 4.78 is 0. The monoisotopic (exact) mass is 261 g/mol. The molecule has 0 radical (unpaired) electrons. The van der Waals surface area contributed by atoms with E-state index in [2.05, 4.69) is 41.4 Å². The number of nitrogens with zero attached hydrogens (tertiary/aromatic N) is 1. The summed E-state index contributed by atoms with van der Waals surface area (Å²) in [4.78, 5) is 14.3. The van der Waals surface area contributed by atoms with Crippen molar-refractivity contribution in [2.45, 2.75) is 32.2 Å². The highest BCUT2D eigenvalue weighted by molar-refractivity contribution is 5.90. The number of aryl methyl sites for hydroxylation is 1. The first-order valence-electron chi connectivity index (χ1n) is 6.86. The highest BCUT2D eigenvalue weighted by Crippen LogP contribution is 2.31. The molecule has 1 aliphatic rings. The van der Waals surface area contributed by atoms with E-state index in [-0.39, 0.29) is 5.78 Å². The first kappa shape index (κ1) is 14.0. The molecule has 2 rings (SSSR count). The van der Waals surface area contributed by atoms with Crippen LogP contribution in [0, 0.1) is 6.92 Å². The number of nitrogens with two attached hydrogens (primary N) is 1. The topological polar surface area (TPSA) is 58.4 Å². The second-order valence-corrected chi connectivity index (χ2v) is 5.28. The van der Waals surface area contributed by atoms with Gasteiger partial charge in [-0.25, -0.2) is 0 Å². The van der Waals surface area contributed by atoms with Gasteiger partial charge < -0.3 is 16.0 Å². The molecule has 4 nitrogen and oxygen atoms in total. The van der Waals surface area contributed by atoms with Gasteiger partial charge in [0.2, 0.25) is 0 Å². The fourth-order valence-corrected chi connectivity index (χ4v) is 2.90. The lowest BCUT2D eigenvalue weighted by Crippen LogP contribution is -2.60. The molecule has 0 aromatic heterocycles. The van der Waals surface area contributed by atoms with Gasteiger partial charge in [0, 0.05) is 5.69 Å². The highest BCUT2D eigenvalue weighted by atomic mass is 16.1. The zero-order valence-corrected chi connectivity index (χ0v) is 11.8. The Morgan fingerprint density at radius 2 is 1.89 bits per heavy atom. The van der Waals surface area contributed by atoms with Gasteiger partial charge in [-0.3, -0.25) is 4.79 Å². The van der Waals surface area contributed by atoms with E-state index in [1.54, 1.807) is 6.92 Å². The van der Waals surface area contributed by atoms with Crippen LogP contribution >= 0.6 is 0 Å². The van der Waals surface area contributed by atoms with E-state index < -0.39 is 5.54 Å². The fraction of sp³-hybridized carbons (Fsp3) is 0.533. The van der Waals surface area contributed by atoms with Crippen molar-refractivity contribution in [3.63, 3.8) is 0 Å². The van der Waals surface area contributed by atoms with E-state index >= 15 is 0 Å². The van der Waals surface area contributed by atoms with Crippen molar-refractivity contribution >= 4 is 11.5 Å². The molecule has 104 valence electrons. The van der Waals surface area contributed by atoms with Crippen molar-refractivity contribution in [1.29, 1.82) is 0 Å². The molecule has 1 saturated heterocycles. The number of carbonyl (C=O) groups is 1. The van der Waals surface area contributed by atoms with Crippen molar-refractivity contribution in [3.8, 4) is 0 Å². The van der Waals surface area contributed by atoms with Gasteiger partial charge in [-0.1, -0.05) is 17.7 Å². The van der Waals surface area contributed by atoms with Gasteiger partial charge in [0.15, 0.2) is 5.78 Å².